The van der Waals surface area contributed by atoms with Gasteiger partial charge in [-0.2, -0.15) is 0 Å². The van der Waals surface area contributed by atoms with Crippen molar-refractivity contribution in [2.24, 2.45) is 0 Å². The maximum atomic E-state index is 12.4. The molecule has 1 saturated heterocycles. The van der Waals surface area contributed by atoms with E-state index in [4.69, 9.17) is 4.74 Å². The molecule has 0 spiro atoms. The minimum atomic E-state index is -0.343. The average Bonchev–Trinajstić information content (AvgIpc) is 3.00. The Morgan fingerprint density at radius 1 is 1.10 bits per heavy atom. The number of rotatable bonds is 7. The second-order valence-electron chi connectivity index (χ2n) is 6.15. The minimum absolute atomic E-state index is 0.121. The van der Waals surface area contributed by atoms with Crippen LogP contribution >= 0.6 is 11.8 Å². The van der Waals surface area contributed by atoms with Gasteiger partial charge in [-0.15, -0.1) is 0 Å². The van der Waals surface area contributed by atoms with E-state index in [2.05, 4.69) is 5.32 Å². The maximum Gasteiger partial charge on any atom is 0.293 e. The van der Waals surface area contributed by atoms with Gasteiger partial charge in [-0.05, 0) is 47.2 Å². The molecule has 6 nitrogen and oxygen atoms in total. The predicted octanol–water partition coefficient (Wildman–Crippen LogP) is 3.56. The standard InChI is InChI=1S/C22H20N2O4S/c1-28-18-9-5-8-17(14-18)10-11-20(25)23-12-13-24-21(26)19(29-22(24)27)15-16-6-3-2-4-7-16/h2-11,14-15H,12-13H2,1H3,(H,23,25)/b11-10+,19-15-. The highest BCUT2D eigenvalue weighted by molar-refractivity contribution is 8.18. The number of hydrogen-bond donors (Lipinski definition) is 1. The normalized spacial score (nSPS) is 15.3. The van der Waals surface area contributed by atoms with Crippen LogP contribution in [0.25, 0.3) is 12.2 Å². The molecule has 0 saturated carbocycles. The third-order valence-corrected chi connectivity index (χ3v) is 5.03. The highest BCUT2D eigenvalue weighted by Crippen LogP contribution is 2.31. The van der Waals surface area contributed by atoms with Gasteiger partial charge < -0.3 is 10.1 Å². The number of amides is 3. The summed E-state index contributed by atoms with van der Waals surface area (Å²) in [5, 5.41) is 2.35. The smallest absolute Gasteiger partial charge is 0.293 e. The number of carbonyl (C=O) groups excluding carboxylic acids is 3. The maximum absolute atomic E-state index is 12.4. The highest BCUT2D eigenvalue weighted by Gasteiger charge is 2.34. The lowest BCUT2D eigenvalue weighted by molar-refractivity contribution is -0.123. The molecule has 1 fully saturated rings. The fourth-order valence-electron chi connectivity index (χ4n) is 2.66. The van der Waals surface area contributed by atoms with Gasteiger partial charge in [-0.3, -0.25) is 19.3 Å². The molecule has 0 bridgehead atoms. The second kappa shape index (κ2) is 9.75. The quantitative estimate of drug-likeness (QED) is 0.709. The van der Waals surface area contributed by atoms with Crippen LogP contribution in [0.1, 0.15) is 11.1 Å². The van der Waals surface area contributed by atoms with Gasteiger partial charge in [0.05, 0.1) is 12.0 Å². The van der Waals surface area contributed by atoms with Gasteiger partial charge in [0, 0.05) is 19.2 Å². The Morgan fingerprint density at radius 3 is 2.62 bits per heavy atom. The Morgan fingerprint density at radius 2 is 1.86 bits per heavy atom. The SMILES string of the molecule is COc1cccc(/C=C/C(=O)NCCN2C(=O)S/C(=C\c3ccccc3)C2=O)c1. The zero-order chi connectivity index (χ0) is 20.6. The van der Waals surface area contributed by atoms with E-state index in [0.29, 0.717) is 10.7 Å². The summed E-state index contributed by atoms with van der Waals surface area (Å²) in [6.07, 6.45) is 4.76. The number of carbonyl (C=O) groups is 3. The number of thioether (sulfide) groups is 1. The van der Waals surface area contributed by atoms with Crippen LogP contribution in [0.5, 0.6) is 5.75 Å². The van der Waals surface area contributed by atoms with Gasteiger partial charge in [0.1, 0.15) is 5.75 Å². The summed E-state index contributed by atoms with van der Waals surface area (Å²) >= 11 is 0.906. The van der Waals surface area contributed by atoms with E-state index in [-0.39, 0.29) is 30.1 Å². The Balaban J connectivity index is 1.51. The molecule has 0 aliphatic carbocycles. The summed E-state index contributed by atoms with van der Waals surface area (Å²) in [6, 6.07) is 16.7. The Kier molecular flexibility index (Phi) is 6.86. The average molecular weight is 408 g/mol. The topological polar surface area (TPSA) is 75.7 Å². The van der Waals surface area contributed by atoms with Crippen molar-refractivity contribution in [1.29, 1.82) is 0 Å². The summed E-state index contributed by atoms with van der Waals surface area (Å²) in [5.41, 5.74) is 1.69. The fourth-order valence-corrected chi connectivity index (χ4v) is 3.53. The summed E-state index contributed by atoms with van der Waals surface area (Å²) in [6.45, 7) is 0.299. The lowest BCUT2D eigenvalue weighted by Crippen LogP contribution is -2.36. The Hall–Kier alpha value is -3.32. The molecule has 3 amide bonds. The van der Waals surface area contributed by atoms with Gasteiger partial charge in [-0.25, -0.2) is 0 Å². The summed E-state index contributed by atoms with van der Waals surface area (Å²) in [4.78, 5) is 38.1. The van der Waals surface area contributed by atoms with Crippen LogP contribution in [0.4, 0.5) is 4.79 Å². The first-order valence-corrected chi connectivity index (χ1v) is 9.79. The molecule has 29 heavy (non-hydrogen) atoms. The Labute approximate surface area is 173 Å². The summed E-state index contributed by atoms with van der Waals surface area (Å²) in [5.74, 6) is 0.0557. The van der Waals surface area contributed by atoms with Gasteiger partial charge >= 0.3 is 0 Å². The van der Waals surface area contributed by atoms with Gasteiger partial charge in [0.25, 0.3) is 11.1 Å². The van der Waals surface area contributed by atoms with E-state index >= 15 is 0 Å². The van der Waals surface area contributed by atoms with Gasteiger partial charge in [-0.1, -0.05) is 42.5 Å². The van der Waals surface area contributed by atoms with Crippen molar-refractivity contribution >= 4 is 41.0 Å². The van der Waals surface area contributed by atoms with E-state index in [9.17, 15) is 14.4 Å². The van der Waals surface area contributed by atoms with Crippen molar-refractivity contribution in [3.63, 3.8) is 0 Å². The van der Waals surface area contributed by atoms with Crippen molar-refractivity contribution in [2.75, 3.05) is 20.2 Å². The van der Waals surface area contributed by atoms with Crippen molar-refractivity contribution in [3.8, 4) is 5.75 Å². The van der Waals surface area contributed by atoms with Crippen molar-refractivity contribution in [1.82, 2.24) is 10.2 Å². The molecule has 0 unspecified atom stereocenters. The molecule has 7 heteroatoms. The lowest BCUT2D eigenvalue weighted by Gasteiger charge is -2.12. The number of nitrogens with one attached hydrogen (secondary N) is 1. The molecule has 0 aromatic heterocycles. The van der Waals surface area contributed by atoms with E-state index in [1.807, 2.05) is 54.6 Å². The first-order valence-electron chi connectivity index (χ1n) is 8.97. The Bertz CT molecular complexity index is 970. The van der Waals surface area contributed by atoms with E-state index < -0.39 is 0 Å². The molecule has 3 rings (SSSR count). The molecule has 1 N–H and O–H groups in total. The van der Waals surface area contributed by atoms with Crippen LogP contribution in [0, 0.1) is 0 Å². The lowest BCUT2D eigenvalue weighted by atomic mass is 10.2. The molecule has 2 aromatic rings. The highest BCUT2D eigenvalue weighted by atomic mass is 32.2. The summed E-state index contributed by atoms with van der Waals surface area (Å²) in [7, 11) is 1.58. The second-order valence-corrected chi connectivity index (χ2v) is 7.14. The number of hydrogen-bond acceptors (Lipinski definition) is 5. The van der Waals surface area contributed by atoms with Crippen molar-refractivity contribution in [2.45, 2.75) is 0 Å². The number of nitrogens with zero attached hydrogens (tertiary/aromatic N) is 1. The van der Waals surface area contributed by atoms with E-state index in [1.165, 1.54) is 6.08 Å². The van der Waals surface area contributed by atoms with E-state index in [0.717, 1.165) is 27.8 Å². The molecular weight excluding hydrogens is 388 g/mol. The van der Waals surface area contributed by atoms with Crippen LogP contribution in [0.2, 0.25) is 0 Å². The first kappa shape index (κ1) is 20.4. The van der Waals surface area contributed by atoms with Crippen molar-refractivity contribution < 1.29 is 19.1 Å². The zero-order valence-electron chi connectivity index (χ0n) is 15.8. The molecule has 2 aromatic carbocycles. The first-order chi connectivity index (χ1) is 14.1. The minimum Gasteiger partial charge on any atom is -0.497 e. The van der Waals surface area contributed by atoms with Crippen LogP contribution in [0.3, 0.4) is 0 Å². The third-order valence-electron chi connectivity index (χ3n) is 4.13. The van der Waals surface area contributed by atoms with Gasteiger partial charge in [0.15, 0.2) is 0 Å². The predicted molar refractivity (Wildman–Crippen MR) is 114 cm³/mol. The molecule has 0 radical (unpaired) electrons. The third kappa shape index (κ3) is 5.58. The number of imide groups is 1. The fraction of sp³-hybridized carbons (Fsp3) is 0.136. The van der Waals surface area contributed by atoms with Crippen LogP contribution in [-0.2, 0) is 9.59 Å². The summed E-state index contributed by atoms with van der Waals surface area (Å²) < 4.78 is 5.14. The van der Waals surface area contributed by atoms with Crippen LogP contribution in [0.15, 0.2) is 65.6 Å². The molecule has 1 aliphatic heterocycles. The van der Waals surface area contributed by atoms with Crippen LogP contribution < -0.4 is 10.1 Å². The molecule has 0 atom stereocenters. The number of ether oxygens (including phenoxy) is 1. The largest absolute Gasteiger partial charge is 0.497 e. The molecular formula is C22H20N2O4S. The zero-order valence-corrected chi connectivity index (χ0v) is 16.6. The van der Waals surface area contributed by atoms with Gasteiger partial charge in [0.2, 0.25) is 5.91 Å². The molecule has 148 valence electrons. The number of benzene rings is 2. The molecule has 1 heterocycles. The molecule has 1 aliphatic rings. The monoisotopic (exact) mass is 408 g/mol. The van der Waals surface area contributed by atoms with Crippen molar-refractivity contribution in [3.05, 3.63) is 76.7 Å². The van der Waals surface area contributed by atoms with E-state index in [1.54, 1.807) is 19.3 Å². The number of methoxy groups -OCH3 is 1. The van der Waals surface area contributed by atoms with Crippen LogP contribution in [-0.4, -0.2) is 42.2 Å².